The molecule has 17 heavy (non-hydrogen) atoms. The second-order valence-corrected chi connectivity index (χ2v) is 5.25. The molecule has 2 atom stereocenters. The first-order valence-electron chi connectivity index (χ1n) is 6.53. The minimum Gasteiger partial charge on any atom is -0.310 e. The fraction of sp³-hybridized carbons (Fsp3) is 0.571. The van der Waals surface area contributed by atoms with Gasteiger partial charge in [-0.1, -0.05) is 18.2 Å². The summed E-state index contributed by atoms with van der Waals surface area (Å²) in [6.07, 6.45) is 3.79. The minimum absolute atomic E-state index is 0.0742. The van der Waals surface area contributed by atoms with Crippen molar-refractivity contribution in [2.24, 2.45) is 0 Å². The number of nitrogens with zero attached hydrogens (tertiary/aromatic N) is 1. The Bertz CT molecular complexity index is 394. The molecule has 2 heterocycles. The molecule has 0 radical (unpaired) electrons. The number of nitrogens with one attached hydrogen (secondary N) is 1. The number of likely N-dealkylation sites (tertiary alicyclic amines) is 1. The van der Waals surface area contributed by atoms with Gasteiger partial charge in [0.05, 0.1) is 0 Å². The standard InChI is InChI=1S/C14H19FN2/c15-14-4-2-1-3-11(14)9-17-8-7-12-5-6-13(10-17)16-12/h1-4,12-13,16H,5-10H2. The van der Waals surface area contributed by atoms with Crippen LogP contribution in [0.15, 0.2) is 24.3 Å². The lowest BCUT2D eigenvalue weighted by atomic mass is 10.1. The molecule has 0 aliphatic carbocycles. The average molecular weight is 234 g/mol. The van der Waals surface area contributed by atoms with E-state index in [4.69, 9.17) is 0 Å². The van der Waals surface area contributed by atoms with Crippen LogP contribution in [0.4, 0.5) is 4.39 Å². The lowest BCUT2D eigenvalue weighted by molar-refractivity contribution is 0.247. The molecule has 2 nitrogen and oxygen atoms in total. The molecule has 3 rings (SSSR count). The normalized spacial score (nSPS) is 29.2. The van der Waals surface area contributed by atoms with Crippen molar-refractivity contribution in [1.29, 1.82) is 0 Å². The average Bonchev–Trinajstić information content (AvgIpc) is 2.65. The second-order valence-electron chi connectivity index (χ2n) is 5.25. The van der Waals surface area contributed by atoms with Crippen LogP contribution in [-0.4, -0.2) is 30.1 Å². The molecule has 0 aromatic heterocycles. The Morgan fingerprint density at radius 1 is 1.18 bits per heavy atom. The summed E-state index contributed by atoms with van der Waals surface area (Å²) in [5.74, 6) is -0.0742. The molecule has 0 amide bonds. The Morgan fingerprint density at radius 2 is 2.00 bits per heavy atom. The van der Waals surface area contributed by atoms with Gasteiger partial charge in [0, 0.05) is 37.3 Å². The van der Waals surface area contributed by atoms with Crippen LogP contribution in [0.25, 0.3) is 0 Å². The van der Waals surface area contributed by atoms with Gasteiger partial charge in [0.15, 0.2) is 0 Å². The number of fused-ring (bicyclic) bond motifs is 2. The van der Waals surface area contributed by atoms with Crippen LogP contribution in [0, 0.1) is 5.82 Å². The maximum atomic E-state index is 13.6. The summed E-state index contributed by atoms with van der Waals surface area (Å²) in [7, 11) is 0. The third-order valence-electron chi connectivity index (χ3n) is 3.96. The maximum absolute atomic E-state index is 13.6. The van der Waals surface area contributed by atoms with Crippen LogP contribution in [0.5, 0.6) is 0 Å². The van der Waals surface area contributed by atoms with Crippen LogP contribution >= 0.6 is 0 Å². The van der Waals surface area contributed by atoms with E-state index >= 15 is 0 Å². The van der Waals surface area contributed by atoms with Crippen molar-refractivity contribution < 1.29 is 4.39 Å². The predicted molar refractivity (Wildman–Crippen MR) is 66.2 cm³/mol. The third-order valence-corrected chi connectivity index (χ3v) is 3.96. The lowest BCUT2D eigenvalue weighted by Crippen LogP contribution is -2.35. The summed E-state index contributed by atoms with van der Waals surface area (Å²) in [5, 5.41) is 3.65. The van der Waals surface area contributed by atoms with Gasteiger partial charge in [-0.15, -0.1) is 0 Å². The van der Waals surface area contributed by atoms with E-state index in [0.717, 1.165) is 25.2 Å². The molecule has 92 valence electrons. The quantitative estimate of drug-likeness (QED) is 0.843. The molecule has 0 saturated carbocycles. The van der Waals surface area contributed by atoms with E-state index in [1.54, 1.807) is 12.1 Å². The van der Waals surface area contributed by atoms with E-state index in [1.807, 2.05) is 12.1 Å². The van der Waals surface area contributed by atoms with Crippen molar-refractivity contribution in [2.75, 3.05) is 13.1 Å². The summed E-state index contributed by atoms with van der Waals surface area (Å²) in [4.78, 5) is 2.38. The summed E-state index contributed by atoms with van der Waals surface area (Å²) in [6, 6.07) is 8.44. The van der Waals surface area contributed by atoms with Gasteiger partial charge >= 0.3 is 0 Å². The van der Waals surface area contributed by atoms with Gasteiger partial charge in [-0.05, 0) is 25.3 Å². The Kier molecular flexibility index (Phi) is 3.12. The third kappa shape index (κ3) is 2.50. The Balaban J connectivity index is 1.67. The van der Waals surface area contributed by atoms with E-state index in [-0.39, 0.29) is 5.82 Å². The largest absolute Gasteiger partial charge is 0.310 e. The summed E-state index contributed by atoms with van der Waals surface area (Å²) in [6.45, 7) is 2.89. The number of hydrogen-bond donors (Lipinski definition) is 1. The van der Waals surface area contributed by atoms with E-state index in [9.17, 15) is 4.39 Å². The highest BCUT2D eigenvalue weighted by molar-refractivity contribution is 5.17. The zero-order chi connectivity index (χ0) is 11.7. The van der Waals surface area contributed by atoms with Crippen LogP contribution in [0.1, 0.15) is 24.8 Å². The van der Waals surface area contributed by atoms with Gasteiger partial charge in [0.2, 0.25) is 0 Å². The van der Waals surface area contributed by atoms with Crippen LogP contribution < -0.4 is 5.32 Å². The molecule has 2 aliphatic heterocycles. The number of rotatable bonds is 2. The first-order valence-corrected chi connectivity index (χ1v) is 6.53. The van der Waals surface area contributed by atoms with E-state index in [1.165, 1.54) is 19.3 Å². The molecule has 1 aromatic carbocycles. The SMILES string of the molecule is Fc1ccccc1CN1CCC2CCC(C1)N2. The van der Waals surface area contributed by atoms with E-state index in [2.05, 4.69) is 10.2 Å². The first kappa shape index (κ1) is 11.2. The number of hydrogen-bond acceptors (Lipinski definition) is 2. The highest BCUT2D eigenvalue weighted by Gasteiger charge is 2.29. The van der Waals surface area contributed by atoms with Crippen LogP contribution in [-0.2, 0) is 6.54 Å². The number of halogens is 1. The topological polar surface area (TPSA) is 15.3 Å². The second kappa shape index (κ2) is 4.75. The van der Waals surface area contributed by atoms with Crippen molar-refractivity contribution in [3.63, 3.8) is 0 Å². The first-order chi connectivity index (χ1) is 8.31. The zero-order valence-electron chi connectivity index (χ0n) is 10.0. The molecule has 2 fully saturated rings. The van der Waals surface area contributed by atoms with Crippen molar-refractivity contribution in [3.8, 4) is 0 Å². The van der Waals surface area contributed by atoms with Crippen molar-refractivity contribution in [3.05, 3.63) is 35.6 Å². The lowest BCUT2D eigenvalue weighted by Gasteiger charge is -2.24. The van der Waals surface area contributed by atoms with Gasteiger partial charge in [-0.2, -0.15) is 0 Å². The molecular weight excluding hydrogens is 215 g/mol. The summed E-state index contributed by atoms with van der Waals surface area (Å²) >= 11 is 0. The maximum Gasteiger partial charge on any atom is 0.127 e. The van der Waals surface area contributed by atoms with Crippen molar-refractivity contribution >= 4 is 0 Å². The molecule has 1 aromatic rings. The van der Waals surface area contributed by atoms with Gasteiger partial charge in [0.25, 0.3) is 0 Å². The van der Waals surface area contributed by atoms with Crippen LogP contribution in [0.3, 0.4) is 0 Å². The fourth-order valence-electron chi connectivity index (χ4n) is 3.03. The monoisotopic (exact) mass is 234 g/mol. The van der Waals surface area contributed by atoms with Gasteiger partial charge in [0.1, 0.15) is 5.82 Å². The number of benzene rings is 1. The molecular formula is C14H19FN2. The Hall–Kier alpha value is -0.930. The van der Waals surface area contributed by atoms with E-state index in [0.29, 0.717) is 12.1 Å². The highest BCUT2D eigenvalue weighted by atomic mass is 19.1. The highest BCUT2D eigenvalue weighted by Crippen LogP contribution is 2.21. The fourth-order valence-corrected chi connectivity index (χ4v) is 3.03. The summed E-state index contributed by atoms with van der Waals surface area (Å²) < 4.78 is 13.6. The molecule has 0 spiro atoms. The van der Waals surface area contributed by atoms with Crippen LogP contribution in [0.2, 0.25) is 0 Å². The molecule has 2 saturated heterocycles. The molecule has 2 unspecified atom stereocenters. The minimum atomic E-state index is -0.0742. The zero-order valence-corrected chi connectivity index (χ0v) is 10.0. The Labute approximate surface area is 102 Å². The predicted octanol–water partition coefficient (Wildman–Crippen LogP) is 2.15. The van der Waals surface area contributed by atoms with Gasteiger partial charge in [-0.25, -0.2) is 4.39 Å². The van der Waals surface area contributed by atoms with Gasteiger partial charge in [-0.3, -0.25) is 4.90 Å². The molecule has 2 aliphatic rings. The van der Waals surface area contributed by atoms with E-state index < -0.39 is 0 Å². The Morgan fingerprint density at radius 3 is 2.88 bits per heavy atom. The van der Waals surface area contributed by atoms with Crippen molar-refractivity contribution in [1.82, 2.24) is 10.2 Å². The molecule has 2 bridgehead atoms. The van der Waals surface area contributed by atoms with Gasteiger partial charge < -0.3 is 5.32 Å². The summed E-state index contributed by atoms with van der Waals surface area (Å²) in [5.41, 5.74) is 0.824. The smallest absolute Gasteiger partial charge is 0.127 e. The van der Waals surface area contributed by atoms with Crippen molar-refractivity contribution in [2.45, 2.75) is 37.9 Å². The molecule has 1 N–H and O–H groups in total. The molecule has 3 heteroatoms.